The predicted molar refractivity (Wildman–Crippen MR) is 75.3 cm³/mol. The number of nitrogens with zero attached hydrogens (tertiary/aromatic N) is 3. The molecule has 2 atom stereocenters. The summed E-state index contributed by atoms with van der Waals surface area (Å²) in [6, 6.07) is 5.49. The molecular weight excluding hydrogens is 238 g/mol. The second-order valence-corrected chi connectivity index (χ2v) is 5.78. The summed E-state index contributed by atoms with van der Waals surface area (Å²) in [4.78, 5) is 9.55. The highest BCUT2D eigenvalue weighted by Gasteiger charge is 2.34. The first-order chi connectivity index (χ1) is 9.26. The van der Waals surface area contributed by atoms with E-state index in [0.29, 0.717) is 11.9 Å². The van der Waals surface area contributed by atoms with Crippen molar-refractivity contribution in [1.82, 2.24) is 14.8 Å². The van der Waals surface area contributed by atoms with E-state index in [9.17, 15) is 0 Å². The fourth-order valence-corrected chi connectivity index (χ4v) is 3.33. The van der Waals surface area contributed by atoms with Crippen LogP contribution in [-0.2, 0) is 6.54 Å². The molecule has 104 valence electrons. The van der Waals surface area contributed by atoms with Crippen LogP contribution < -0.4 is 4.74 Å². The highest BCUT2D eigenvalue weighted by Crippen LogP contribution is 2.25. The molecule has 0 aromatic carbocycles. The van der Waals surface area contributed by atoms with E-state index in [1.807, 2.05) is 12.3 Å². The van der Waals surface area contributed by atoms with Crippen LogP contribution in [-0.4, -0.2) is 53.6 Å². The molecule has 2 saturated heterocycles. The van der Waals surface area contributed by atoms with E-state index >= 15 is 0 Å². The van der Waals surface area contributed by atoms with E-state index in [2.05, 4.69) is 27.8 Å². The lowest BCUT2D eigenvalue weighted by Gasteiger charge is -2.42. The molecule has 1 aromatic rings. The number of piperazine rings is 1. The summed E-state index contributed by atoms with van der Waals surface area (Å²) >= 11 is 0. The molecule has 0 spiro atoms. The number of hydrogen-bond donors (Lipinski definition) is 0. The van der Waals surface area contributed by atoms with Crippen LogP contribution in [0.3, 0.4) is 0 Å². The van der Waals surface area contributed by atoms with Crippen molar-refractivity contribution in [2.45, 2.75) is 38.4 Å². The van der Waals surface area contributed by atoms with Gasteiger partial charge in [0.15, 0.2) is 0 Å². The van der Waals surface area contributed by atoms with E-state index in [0.717, 1.165) is 12.6 Å². The van der Waals surface area contributed by atoms with Gasteiger partial charge in [-0.2, -0.15) is 0 Å². The minimum atomic E-state index is 0.636. The zero-order valence-electron chi connectivity index (χ0n) is 11.9. The third-order valence-electron chi connectivity index (χ3n) is 4.46. The number of pyridine rings is 1. The maximum atomic E-state index is 5.11. The molecule has 0 aliphatic carbocycles. The molecule has 2 fully saturated rings. The Morgan fingerprint density at radius 1 is 1.37 bits per heavy atom. The summed E-state index contributed by atoms with van der Waals surface area (Å²) in [6.45, 7) is 7.06. The van der Waals surface area contributed by atoms with Gasteiger partial charge in [0.1, 0.15) is 0 Å². The van der Waals surface area contributed by atoms with Gasteiger partial charge < -0.3 is 4.74 Å². The lowest BCUT2D eigenvalue weighted by molar-refractivity contribution is 0.0539. The summed E-state index contributed by atoms with van der Waals surface area (Å²) < 4.78 is 5.11. The van der Waals surface area contributed by atoms with Crippen LogP contribution in [0.15, 0.2) is 18.3 Å². The SMILES string of the molecule is COc1ccc(CN2CC3CCCN3CC2C)cn1. The van der Waals surface area contributed by atoms with Crippen LogP contribution >= 0.6 is 0 Å². The molecule has 0 N–H and O–H groups in total. The maximum absolute atomic E-state index is 5.11. The van der Waals surface area contributed by atoms with Gasteiger partial charge in [-0.3, -0.25) is 9.80 Å². The molecule has 0 amide bonds. The van der Waals surface area contributed by atoms with Gasteiger partial charge in [0.05, 0.1) is 7.11 Å². The Kier molecular flexibility index (Phi) is 3.71. The molecule has 3 heterocycles. The first-order valence-corrected chi connectivity index (χ1v) is 7.23. The maximum Gasteiger partial charge on any atom is 0.212 e. The van der Waals surface area contributed by atoms with E-state index in [1.54, 1.807) is 7.11 Å². The van der Waals surface area contributed by atoms with Crippen LogP contribution in [0, 0.1) is 0 Å². The molecule has 0 bridgehead atoms. The first-order valence-electron chi connectivity index (χ1n) is 7.23. The summed E-state index contributed by atoms with van der Waals surface area (Å²) in [5, 5.41) is 0. The van der Waals surface area contributed by atoms with Gasteiger partial charge >= 0.3 is 0 Å². The lowest BCUT2D eigenvalue weighted by atomic mass is 10.1. The molecule has 3 rings (SSSR count). The van der Waals surface area contributed by atoms with Crippen molar-refractivity contribution in [3.05, 3.63) is 23.9 Å². The average Bonchev–Trinajstić information content (AvgIpc) is 2.87. The molecular formula is C15H23N3O. The van der Waals surface area contributed by atoms with E-state index in [1.165, 1.54) is 38.0 Å². The predicted octanol–water partition coefficient (Wildman–Crippen LogP) is 1.76. The van der Waals surface area contributed by atoms with Gasteiger partial charge in [-0.1, -0.05) is 6.07 Å². The quantitative estimate of drug-likeness (QED) is 0.829. The van der Waals surface area contributed by atoms with Gasteiger partial charge in [-0.05, 0) is 31.9 Å². The van der Waals surface area contributed by atoms with Crippen LogP contribution in [0.5, 0.6) is 5.88 Å². The largest absolute Gasteiger partial charge is 0.481 e. The second-order valence-electron chi connectivity index (χ2n) is 5.78. The molecule has 0 radical (unpaired) electrons. The van der Waals surface area contributed by atoms with Crippen LogP contribution in [0.25, 0.3) is 0 Å². The molecule has 2 aliphatic rings. The fourth-order valence-electron chi connectivity index (χ4n) is 3.33. The van der Waals surface area contributed by atoms with E-state index in [4.69, 9.17) is 4.74 Å². The fraction of sp³-hybridized carbons (Fsp3) is 0.667. The van der Waals surface area contributed by atoms with Crippen molar-refractivity contribution >= 4 is 0 Å². The minimum Gasteiger partial charge on any atom is -0.481 e. The Balaban J connectivity index is 1.64. The molecule has 1 aromatic heterocycles. The summed E-state index contributed by atoms with van der Waals surface area (Å²) in [6.07, 6.45) is 4.67. The number of methoxy groups -OCH3 is 1. The van der Waals surface area contributed by atoms with Crippen molar-refractivity contribution in [3.8, 4) is 5.88 Å². The normalized spacial score (nSPS) is 28.3. The van der Waals surface area contributed by atoms with Crippen LogP contribution in [0.1, 0.15) is 25.3 Å². The zero-order valence-corrected chi connectivity index (χ0v) is 11.9. The second kappa shape index (κ2) is 5.47. The highest BCUT2D eigenvalue weighted by atomic mass is 16.5. The van der Waals surface area contributed by atoms with Gasteiger partial charge in [0.25, 0.3) is 0 Å². The lowest BCUT2D eigenvalue weighted by Crippen LogP contribution is -2.54. The van der Waals surface area contributed by atoms with Crippen molar-refractivity contribution in [2.24, 2.45) is 0 Å². The smallest absolute Gasteiger partial charge is 0.212 e. The molecule has 4 nitrogen and oxygen atoms in total. The highest BCUT2D eigenvalue weighted by molar-refractivity contribution is 5.18. The zero-order chi connectivity index (χ0) is 13.2. The van der Waals surface area contributed by atoms with Gasteiger partial charge in [-0.15, -0.1) is 0 Å². The van der Waals surface area contributed by atoms with Gasteiger partial charge in [0, 0.05) is 44.0 Å². The van der Waals surface area contributed by atoms with E-state index in [-0.39, 0.29) is 0 Å². The minimum absolute atomic E-state index is 0.636. The van der Waals surface area contributed by atoms with Crippen molar-refractivity contribution < 1.29 is 4.74 Å². The summed E-state index contributed by atoms with van der Waals surface area (Å²) in [7, 11) is 1.66. The molecule has 4 heteroatoms. The molecule has 2 aliphatic heterocycles. The first kappa shape index (κ1) is 12.9. The average molecular weight is 261 g/mol. The number of rotatable bonds is 3. The Labute approximate surface area is 115 Å². The molecule has 2 unspecified atom stereocenters. The summed E-state index contributed by atoms with van der Waals surface area (Å²) in [5.74, 6) is 0.692. The van der Waals surface area contributed by atoms with Crippen LogP contribution in [0.2, 0.25) is 0 Å². The van der Waals surface area contributed by atoms with Crippen molar-refractivity contribution in [2.75, 3.05) is 26.7 Å². The number of aromatic nitrogens is 1. The van der Waals surface area contributed by atoms with Crippen molar-refractivity contribution in [1.29, 1.82) is 0 Å². The van der Waals surface area contributed by atoms with E-state index < -0.39 is 0 Å². The standard InChI is InChI=1S/C15H23N3O/c1-12-9-17-7-3-4-14(17)11-18(12)10-13-5-6-15(19-2)16-8-13/h5-6,8,12,14H,3-4,7,9-11H2,1-2H3. The third-order valence-corrected chi connectivity index (χ3v) is 4.46. The Morgan fingerprint density at radius 2 is 2.26 bits per heavy atom. The number of fused-ring (bicyclic) bond motifs is 1. The topological polar surface area (TPSA) is 28.6 Å². The molecule has 19 heavy (non-hydrogen) atoms. The van der Waals surface area contributed by atoms with Crippen molar-refractivity contribution in [3.63, 3.8) is 0 Å². The molecule has 0 saturated carbocycles. The Bertz CT molecular complexity index is 420. The Hall–Kier alpha value is -1.13. The van der Waals surface area contributed by atoms with Gasteiger partial charge in [-0.25, -0.2) is 4.98 Å². The Morgan fingerprint density at radius 3 is 3.00 bits per heavy atom. The number of hydrogen-bond acceptors (Lipinski definition) is 4. The third kappa shape index (κ3) is 2.74. The number of ether oxygens (including phenoxy) is 1. The monoisotopic (exact) mass is 261 g/mol. The van der Waals surface area contributed by atoms with Gasteiger partial charge in [0.2, 0.25) is 5.88 Å². The van der Waals surface area contributed by atoms with Crippen LogP contribution in [0.4, 0.5) is 0 Å². The summed E-state index contributed by atoms with van der Waals surface area (Å²) in [5.41, 5.74) is 1.28.